The molecule has 0 aliphatic carbocycles. The van der Waals surface area contributed by atoms with Crippen LogP contribution in [-0.2, 0) is 4.79 Å². The van der Waals surface area contributed by atoms with Gasteiger partial charge >= 0.3 is 12.0 Å². The molecule has 0 radical (unpaired) electrons. The number of nitrogens with one attached hydrogen (secondary N) is 2. The molecular formula is C12H16N2O4. The van der Waals surface area contributed by atoms with E-state index in [2.05, 4.69) is 10.6 Å². The van der Waals surface area contributed by atoms with Crippen LogP contribution in [0.25, 0.3) is 0 Å². The number of carboxylic acids is 1. The monoisotopic (exact) mass is 252 g/mol. The minimum absolute atomic E-state index is 0.0773. The van der Waals surface area contributed by atoms with Crippen LogP contribution in [0.2, 0.25) is 0 Å². The number of benzene rings is 1. The molecule has 0 bridgehead atoms. The maximum absolute atomic E-state index is 11.4. The second-order valence-corrected chi connectivity index (χ2v) is 3.86. The zero-order chi connectivity index (χ0) is 13.5. The minimum Gasteiger partial charge on any atom is -0.508 e. The summed E-state index contributed by atoms with van der Waals surface area (Å²) in [7, 11) is 0. The van der Waals surface area contributed by atoms with Crippen molar-refractivity contribution in [2.45, 2.75) is 19.4 Å². The van der Waals surface area contributed by atoms with E-state index in [1.165, 1.54) is 0 Å². The zero-order valence-electron chi connectivity index (χ0n) is 10.0. The summed E-state index contributed by atoms with van der Waals surface area (Å²) in [6.45, 7) is 1.85. The van der Waals surface area contributed by atoms with Gasteiger partial charge in [-0.05, 0) is 24.6 Å². The second-order valence-electron chi connectivity index (χ2n) is 3.86. The number of hydrogen-bond donors (Lipinski definition) is 4. The van der Waals surface area contributed by atoms with Crippen LogP contribution in [0.3, 0.4) is 0 Å². The van der Waals surface area contributed by atoms with E-state index in [0.29, 0.717) is 0 Å². The molecule has 1 atom stereocenters. The van der Waals surface area contributed by atoms with Crippen molar-refractivity contribution in [3.63, 3.8) is 0 Å². The van der Waals surface area contributed by atoms with E-state index in [1.807, 2.05) is 0 Å². The Balaban J connectivity index is 2.42. The lowest BCUT2D eigenvalue weighted by Gasteiger charge is -2.15. The zero-order valence-corrected chi connectivity index (χ0v) is 10.0. The Hall–Kier alpha value is -2.24. The highest BCUT2D eigenvalue weighted by atomic mass is 16.4. The Labute approximate surface area is 105 Å². The summed E-state index contributed by atoms with van der Waals surface area (Å²) in [5, 5.41) is 22.8. The number of aromatic hydroxyl groups is 1. The Morgan fingerprint density at radius 3 is 2.72 bits per heavy atom. The largest absolute Gasteiger partial charge is 0.508 e. The standard InChI is InChI=1S/C12H16N2O4/c1-8(9-3-2-4-10(15)7-9)14-12(18)13-6-5-11(16)17/h2-4,7-8,15H,5-6H2,1H3,(H,16,17)(H2,13,14,18). The van der Waals surface area contributed by atoms with Gasteiger partial charge in [0.25, 0.3) is 0 Å². The molecule has 0 aliphatic heterocycles. The van der Waals surface area contributed by atoms with Crippen molar-refractivity contribution in [1.82, 2.24) is 10.6 Å². The van der Waals surface area contributed by atoms with E-state index in [9.17, 15) is 14.7 Å². The van der Waals surface area contributed by atoms with Crippen LogP contribution in [0.1, 0.15) is 24.9 Å². The molecule has 98 valence electrons. The molecule has 4 N–H and O–H groups in total. The van der Waals surface area contributed by atoms with Crippen molar-refractivity contribution in [3.05, 3.63) is 29.8 Å². The number of carboxylic acid groups (broad SMARTS) is 1. The molecule has 2 amide bonds. The number of carbonyl (C=O) groups is 2. The molecule has 0 heterocycles. The average Bonchev–Trinajstić information content (AvgIpc) is 2.28. The normalized spacial score (nSPS) is 11.6. The van der Waals surface area contributed by atoms with E-state index in [0.717, 1.165) is 5.56 Å². The molecule has 0 spiro atoms. The van der Waals surface area contributed by atoms with Crippen molar-refractivity contribution in [3.8, 4) is 5.75 Å². The van der Waals surface area contributed by atoms with Gasteiger partial charge in [-0.1, -0.05) is 12.1 Å². The van der Waals surface area contributed by atoms with Gasteiger partial charge in [0.1, 0.15) is 5.75 Å². The number of urea groups is 1. The molecule has 6 heteroatoms. The summed E-state index contributed by atoms with van der Waals surface area (Å²) in [5.74, 6) is -0.830. The van der Waals surface area contributed by atoms with Crippen molar-refractivity contribution < 1.29 is 19.8 Å². The lowest BCUT2D eigenvalue weighted by atomic mass is 10.1. The second kappa shape index (κ2) is 6.48. The first-order valence-electron chi connectivity index (χ1n) is 5.54. The van der Waals surface area contributed by atoms with Crippen LogP contribution in [0.4, 0.5) is 4.79 Å². The molecule has 0 fully saturated rings. The number of amides is 2. The fourth-order valence-corrected chi connectivity index (χ4v) is 1.41. The summed E-state index contributed by atoms with van der Waals surface area (Å²) < 4.78 is 0. The summed E-state index contributed by atoms with van der Waals surface area (Å²) in [5.41, 5.74) is 0.767. The van der Waals surface area contributed by atoms with Gasteiger partial charge in [0.2, 0.25) is 0 Å². The van der Waals surface area contributed by atoms with Crippen molar-refractivity contribution in [1.29, 1.82) is 0 Å². The highest BCUT2D eigenvalue weighted by Crippen LogP contribution is 2.17. The van der Waals surface area contributed by atoms with Gasteiger partial charge in [-0.3, -0.25) is 4.79 Å². The third-order valence-corrected chi connectivity index (χ3v) is 2.34. The van der Waals surface area contributed by atoms with Gasteiger partial charge < -0.3 is 20.8 Å². The van der Waals surface area contributed by atoms with Gasteiger partial charge in [-0.2, -0.15) is 0 Å². The fourth-order valence-electron chi connectivity index (χ4n) is 1.41. The molecular weight excluding hydrogens is 236 g/mol. The van der Waals surface area contributed by atoms with E-state index in [-0.39, 0.29) is 24.8 Å². The van der Waals surface area contributed by atoms with E-state index in [4.69, 9.17) is 5.11 Å². The first-order chi connectivity index (χ1) is 8.49. The molecule has 1 aromatic rings. The molecule has 0 saturated heterocycles. The molecule has 0 aromatic heterocycles. The van der Waals surface area contributed by atoms with Crippen molar-refractivity contribution >= 4 is 12.0 Å². The smallest absolute Gasteiger partial charge is 0.315 e. The van der Waals surface area contributed by atoms with E-state index >= 15 is 0 Å². The number of aliphatic carboxylic acids is 1. The lowest BCUT2D eigenvalue weighted by molar-refractivity contribution is -0.136. The van der Waals surface area contributed by atoms with Gasteiger partial charge in [0, 0.05) is 6.54 Å². The Morgan fingerprint density at radius 2 is 2.11 bits per heavy atom. The average molecular weight is 252 g/mol. The predicted octanol–water partition coefficient (Wildman–Crippen LogP) is 1.23. The van der Waals surface area contributed by atoms with E-state index < -0.39 is 12.0 Å². The first-order valence-corrected chi connectivity index (χ1v) is 5.54. The number of rotatable bonds is 5. The van der Waals surface area contributed by atoms with Crippen LogP contribution >= 0.6 is 0 Å². The predicted molar refractivity (Wildman–Crippen MR) is 65.3 cm³/mol. The SMILES string of the molecule is CC(NC(=O)NCCC(=O)O)c1cccc(O)c1. The van der Waals surface area contributed by atoms with Crippen LogP contribution in [0.15, 0.2) is 24.3 Å². The quantitative estimate of drug-likeness (QED) is 0.633. The summed E-state index contributed by atoms with van der Waals surface area (Å²) in [6, 6.07) is 5.85. The highest BCUT2D eigenvalue weighted by Gasteiger charge is 2.09. The number of phenols is 1. The molecule has 6 nitrogen and oxygen atoms in total. The Morgan fingerprint density at radius 1 is 1.39 bits per heavy atom. The van der Waals surface area contributed by atoms with Crippen molar-refractivity contribution in [2.24, 2.45) is 0 Å². The third-order valence-electron chi connectivity index (χ3n) is 2.34. The molecule has 1 rings (SSSR count). The van der Waals surface area contributed by atoms with Crippen LogP contribution in [0, 0.1) is 0 Å². The number of phenolic OH excluding ortho intramolecular Hbond substituents is 1. The molecule has 1 aromatic carbocycles. The van der Waals surface area contributed by atoms with Gasteiger partial charge in [-0.15, -0.1) is 0 Å². The van der Waals surface area contributed by atoms with E-state index in [1.54, 1.807) is 31.2 Å². The highest BCUT2D eigenvalue weighted by molar-refractivity contribution is 5.75. The summed E-state index contributed by atoms with van der Waals surface area (Å²) >= 11 is 0. The number of carbonyl (C=O) groups excluding carboxylic acids is 1. The van der Waals surface area contributed by atoms with Gasteiger partial charge in [0.15, 0.2) is 0 Å². The molecule has 18 heavy (non-hydrogen) atoms. The molecule has 1 unspecified atom stereocenters. The topological polar surface area (TPSA) is 98.7 Å². The van der Waals surface area contributed by atoms with Crippen LogP contribution < -0.4 is 10.6 Å². The Kier molecular flexibility index (Phi) is 4.98. The third kappa shape index (κ3) is 4.73. The minimum atomic E-state index is -0.962. The van der Waals surface area contributed by atoms with Crippen LogP contribution in [-0.4, -0.2) is 28.8 Å². The lowest BCUT2D eigenvalue weighted by Crippen LogP contribution is -2.38. The van der Waals surface area contributed by atoms with Crippen molar-refractivity contribution in [2.75, 3.05) is 6.54 Å². The summed E-state index contributed by atoms with van der Waals surface area (Å²) in [4.78, 5) is 21.7. The Bertz CT molecular complexity index is 434. The molecule has 0 saturated carbocycles. The van der Waals surface area contributed by atoms with Crippen LogP contribution in [0.5, 0.6) is 5.75 Å². The number of hydrogen-bond acceptors (Lipinski definition) is 3. The fraction of sp³-hybridized carbons (Fsp3) is 0.333. The first kappa shape index (κ1) is 13.8. The molecule has 0 aliphatic rings. The maximum atomic E-state index is 11.4. The summed E-state index contributed by atoms with van der Waals surface area (Å²) in [6.07, 6.45) is -0.117. The van der Waals surface area contributed by atoms with Gasteiger partial charge in [-0.25, -0.2) is 4.79 Å². The maximum Gasteiger partial charge on any atom is 0.315 e. The van der Waals surface area contributed by atoms with Gasteiger partial charge in [0.05, 0.1) is 12.5 Å².